The number of rotatable bonds is 7. The molecule has 0 amide bonds. The average Bonchev–Trinajstić information content (AvgIpc) is 3.61. The topological polar surface area (TPSA) is 43.6 Å². The van der Waals surface area contributed by atoms with Crippen LogP contribution in [0, 0.1) is 0 Å². The Morgan fingerprint density at radius 1 is 0.273 bits per heavy atom. The number of para-hydroxylation sites is 2. The standard InChI is InChI=1S/C51H34N4/c1-5-17-35(18-6-1)39-29-40(36-19-7-2-8-20-36)31-41(30-39)45-32-42(55-49-27-15-13-25-43(49)44-26-14-16-28-50(44)55)33-47(52-45)48-34-46(37-21-9-3-10-22-37)53-51(54-48)38-23-11-4-12-24-38/h1-34H. The van der Waals surface area contributed by atoms with E-state index in [1.54, 1.807) is 0 Å². The van der Waals surface area contributed by atoms with Gasteiger partial charge in [0.2, 0.25) is 0 Å². The highest BCUT2D eigenvalue weighted by molar-refractivity contribution is 6.09. The van der Waals surface area contributed by atoms with Gasteiger partial charge in [-0.05, 0) is 70.8 Å². The maximum absolute atomic E-state index is 5.48. The molecule has 10 aromatic rings. The van der Waals surface area contributed by atoms with Crippen LogP contribution in [0.2, 0.25) is 0 Å². The van der Waals surface area contributed by atoms with E-state index in [-0.39, 0.29) is 0 Å². The molecule has 3 heterocycles. The van der Waals surface area contributed by atoms with Crippen LogP contribution in [0.15, 0.2) is 206 Å². The molecular weight excluding hydrogens is 669 g/mol. The van der Waals surface area contributed by atoms with E-state index >= 15 is 0 Å². The van der Waals surface area contributed by atoms with Crippen LogP contribution in [0.3, 0.4) is 0 Å². The summed E-state index contributed by atoms with van der Waals surface area (Å²) in [5.74, 6) is 0.653. The highest BCUT2D eigenvalue weighted by atomic mass is 15.0. The quantitative estimate of drug-likeness (QED) is 0.166. The molecule has 0 saturated carbocycles. The molecule has 0 atom stereocenters. The lowest BCUT2D eigenvalue weighted by molar-refractivity contribution is 1.13. The summed E-state index contributed by atoms with van der Waals surface area (Å²) < 4.78 is 2.36. The molecule has 258 valence electrons. The monoisotopic (exact) mass is 702 g/mol. The highest BCUT2D eigenvalue weighted by Crippen LogP contribution is 2.38. The number of benzene rings is 7. The number of aromatic nitrogens is 4. The predicted molar refractivity (Wildman–Crippen MR) is 227 cm³/mol. The van der Waals surface area contributed by atoms with Gasteiger partial charge in [-0.3, -0.25) is 0 Å². The summed E-state index contributed by atoms with van der Waals surface area (Å²) in [5, 5.41) is 2.41. The van der Waals surface area contributed by atoms with Gasteiger partial charge >= 0.3 is 0 Å². The van der Waals surface area contributed by atoms with Crippen molar-refractivity contribution in [3.05, 3.63) is 206 Å². The maximum atomic E-state index is 5.48. The van der Waals surface area contributed by atoms with Crippen molar-refractivity contribution in [2.75, 3.05) is 0 Å². The molecule has 0 aliphatic rings. The zero-order chi connectivity index (χ0) is 36.6. The first-order chi connectivity index (χ1) is 27.2. The van der Waals surface area contributed by atoms with Gasteiger partial charge < -0.3 is 4.57 Å². The molecule has 0 saturated heterocycles. The van der Waals surface area contributed by atoms with Gasteiger partial charge in [0.1, 0.15) is 0 Å². The summed E-state index contributed by atoms with van der Waals surface area (Å²) >= 11 is 0. The molecule has 4 heteroatoms. The molecule has 55 heavy (non-hydrogen) atoms. The van der Waals surface area contributed by atoms with E-state index in [9.17, 15) is 0 Å². The Morgan fingerprint density at radius 3 is 1.24 bits per heavy atom. The molecule has 0 radical (unpaired) electrons. The Labute approximate surface area is 319 Å². The summed E-state index contributed by atoms with van der Waals surface area (Å²) in [4.78, 5) is 15.8. The summed E-state index contributed by atoms with van der Waals surface area (Å²) in [6, 6.07) is 72.1. The molecule has 7 aromatic carbocycles. The fraction of sp³-hybridized carbons (Fsp3) is 0. The van der Waals surface area contributed by atoms with Crippen molar-refractivity contribution in [1.29, 1.82) is 0 Å². The second kappa shape index (κ2) is 13.8. The van der Waals surface area contributed by atoms with E-state index in [2.05, 4.69) is 174 Å². The average molecular weight is 703 g/mol. The van der Waals surface area contributed by atoms with Crippen LogP contribution in [0.5, 0.6) is 0 Å². The molecular formula is C51H34N4. The van der Waals surface area contributed by atoms with Crippen molar-refractivity contribution in [2.24, 2.45) is 0 Å². The molecule has 3 aromatic heterocycles. The number of fused-ring (bicyclic) bond motifs is 3. The van der Waals surface area contributed by atoms with E-state index in [0.717, 1.165) is 78.4 Å². The number of pyridine rings is 1. The molecule has 10 rings (SSSR count). The molecule has 0 unspecified atom stereocenters. The number of nitrogens with zero attached hydrogens (tertiary/aromatic N) is 4. The second-order valence-electron chi connectivity index (χ2n) is 13.7. The summed E-state index contributed by atoms with van der Waals surface area (Å²) in [6.45, 7) is 0. The fourth-order valence-corrected chi connectivity index (χ4v) is 7.55. The van der Waals surface area contributed by atoms with Gasteiger partial charge in [-0.2, -0.15) is 0 Å². The smallest absolute Gasteiger partial charge is 0.160 e. The Bertz CT molecular complexity index is 2640. The third kappa shape index (κ3) is 6.16. The zero-order valence-electron chi connectivity index (χ0n) is 29.9. The third-order valence-corrected chi connectivity index (χ3v) is 10.2. The van der Waals surface area contributed by atoms with Crippen LogP contribution >= 0.6 is 0 Å². The highest BCUT2D eigenvalue weighted by Gasteiger charge is 2.18. The van der Waals surface area contributed by atoms with Crippen molar-refractivity contribution >= 4 is 21.8 Å². The van der Waals surface area contributed by atoms with Crippen molar-refractivity contribution in [2.45, 2.75) is 0 Å². The van der Waals surface area contributed by atoms with Crippen molar-refractivity contribution in [1.82, 2.24) is 19.5 Å². The lowest BCUT2D eigenvalue weighted by atomic mass is 9.94. The first kappa shape index (κ1) is 32.2. The van der Waals surface area contributed by atoms with Gasteiger partial charge in [0.25, 0.3) is 0 Å². The van der Waals surface area contributed by atoms with Gasteiger partial charge in [0.15, 0.2) is 5.82 Å². The first-order valence-corrected chi connectivity index (χ1v) is 18.5. The lowest BCUT2D eigenvalue weighted by Gasteiger charge is -2.16. The van der Waals surface area contributed by atoms with Crippen LogP contribution < -0.4 is 0 Å². The Balaban J connectivity index is 1.27. The van der Waals surface area contributed by atoms with Gasteiger partial charge in [-0.1, -0.05) is 158 Å². The zero-order valence-corrected chi connectivity index (χ0v) is 29.9. The van der Waals surface area contributed by atoms with Gasteiger partial charge in [-0.15, -0.1) is 0 Å². The lowest BCUT2D eigenvalue weighted by Crippen LogP contribution is -2.01. The van der Waals surface area contributed by atoms with E-state index in [1.165, 1.54) is 10.8 Å². The normalized spacial score (nSPS) is 11.3. The molecule has 4 nitrogen and oxygen atoms in total. The first-order valence-electron chi connectivity index (χ1n) is 18.5. The third-order valence-electron chi connectivity index (χ3n) is 10.2. The maximum Gasteiger partial charge on any atom is 0.160 e. The predicted octanol–water partition coefficient (Wildman–Crippen LogP) is 13.0. The molecule has 0 bridgehead atoms. The van der Waals surface area contributed by atoms with Crippen molar-refractivity contribution in [3.8, 4) is 73.2 Å². The van der Waals surface area contributed by atoms with Gasteiger partial charge in [-0.25, -0.2) is 15.0 Å². The molecule has 0 N–H and O–H groups in total. The summed E-state index contributed by atoms with van der Waals surface area (Å²) in [7, 11) is 0. The van der Waals surface area contributed by atoms with Gasteiger partial charge in [0, 0.05) is 27.5 Å². The van der Waals surface area contributed by atoms with Crippen LogP contribution in [-0.4, -0.2) is 19.5 Å². The summed E-state index contributed by atoms with van der Waals surface area (Å²) in [5.41, 5.74) is 14.0. The molecule has 0 aliphatic heterocycles. The molecule has 0 aliphatic carbocycles. The van der Waals surface area contributed by atoms with Gasteiger partial charge in [0.05, 0.1) is 39.5 Å². The Morgan fingerprint density at radius 2 is 0.673 bits per heavy atom. The van der Waals surface area contributed by atoms with Crippen LogP contribution in [0.1, 0.15) is 0 Å². The molecule has 0 spiro atoms. The van der Waals surface area contributed by atoms with Crippen LogP contribution in [0.25, 0.3) is 95.0 Å². The largest absolute Gasteiger partial charge is 0.309 e. The van der Waals surface area contributed by atoms with Crippen LogP contribution in [0.4, 0.5) is 0 Å². The van der Waals surface area contributed by atoms with E-state index in [4.69, 9.17) is 15.0 Å². The van der Waals surface area contributed by atoms with Crippen molar-refractivity contribution < 1.29 is 0 Å². The Kier molecular flexibility index (Phi) is 8.12. The van der Waals surface area contributed by atoms with Crippen molar-refractivity contribution in [3.63, 3.8) is 0 Å². The minimum atomic E-state index is 0.653. The fourth-order valence-electron chi connectivity index (χ4n) is 7.55. The minimum Gasteiger partial charge on any atom is -0.309 e. The van der Waals surface area contributed by atoms with E-state index in [0.29, 0.717) is 5.82 Å². The Hall–Kier alpha value is -7.43. The number of hydrogen-bond acceptors (Lipinski definition) is 3. The number of hydrogen-bond donors (Lipinski definition) is 0. The van der Waals surface area contributed by atoms with E-state index in [1.807, 2.05) is 36.4 Å². The van der Waals surface area contributed by atoms with E-state index < -0.39 is 0 Å². The summed E-state index contributed by atoms with van der Waals surface area (Å²) in [6.07, 6.45) is 0. The minimum absolute atomic E-state index is 0.653. The van der Waals surface area contributed by atoms with Crippen LogP contribution in [-0.2, 0) is 0 Å². The second-order valence-corrected chi connectivity index (χ2v) is 13.7. The SMILES string of the molecule is c1ccc(-c2cc(-c3ccccc3)cc(-c3cc(-n4c5ccccc5c5ccccc54)cc(-c4cc(-c5ccccc5)nc(-c5ccccc5)n4)n3)c2)cc1. The molecule has 0 fully saturated rings.